The normalized spacial score (nSPS) is 10.4. The van der Waals surface area contributed by atoms with Crippen LogP contribution in [-0.4, -0.2) is 32.0 Å². The second-order valence-corrected chi connectivity index (χ2v) is 3.71. The molecule has 6 heteroatoms. The zero-order valence-corrected chi connectivity index (χ0v) is 8.44. The predicted molar refractivity (Wildman–Crippen MR) is 55.7 cm³/mol. The maximum atomic E-state index is 10.3. The first-order valence-electron chi connectivity index (χ1n) is 4.20. The number of rotatable bonds is 3. The van der Waals surface area contributed by atoms with Crippen molar-refractivity contribution in [2.45, 2.75) is 5.16 Å². The van der Waals surface area contributed by atoms with Crippen molar-refractivity contribution in [3.05, 3.63) is 24.3 Å². The van der Waals surface area contributed by atoms with Crippen LogP contribution in [0.3, 0.4) is 0 Å². The van der Waals surface area contributed by atoms with Crippen molar-refractivity contribution in [2.24, 2.45) is 0 Å². The lowest BCUT2D eigenvalue weighted by Crippen LogP contribution is -2.00. The average Bonchev–Trinajstić information content (AvgIpc) is 2.26. The number of carboxylic acids is 1. The van der Waals surface area contributed by atoms with E-state index in [-0.39, 0.29) is 5.75 Å². The lowest BCUT2D eigenvalue weighted by atomic mass is 10.3. The van der Waals surface area contributed by atoms with Gasteiger partial charge in [0.1, 0.15) is 5.52 Å². The lowest BCUT2D eigenvalue weighted by molar-refractivity contribution is -0.133. The predicted octanol–water partition coefficient (Wildman–Crippen LogP) is 1.20. The van der Waals surface area contributed by atoms with Gasteiger partial charge in [0.05, 0.1) is 11.3 Å². The number of carboxylic acid groups (broad SMARTS) is 1. The van der Waals surface area contributed by atoms with E-state index in [1.54, 1.807) is 6.07 Å². The van der Waals surface area contributed by atoms with Crippen LogP contribution in [0.25, 0.3) is 11.0 Å². The van der Waals surface area contributed by atoms with Gasteiger partial charge in [0.15, 0.2) is 0 Å². The third-order valence-electron chi connectivity index (χ3n) is 1.67. The number of aliphatic carboxylic acids is 1. The zero-order valence-electron chi connectivity index (χ0n) is 7.62. The minimum absolute atomic E-state index is 0.0555. The summed E-state index contributed by atoms with van der Waals surface area (Å²) in [5, 5.41) is 16.6. The molecule has 1 N–H and O–H groups in total. The summed E-state index contributed by atoms with van der Waals surface area (Å²) >= 11 is 1.06. The van der Waals surface area contributed by atoms with Gasteiger partial charge in [-0.25, -0.2) is 4.98 Å². The smallest absolute Gasteiger partial charge is 0.313 e. The molecule has 0 amide bonds. The summed E-state index contributed by atoms with van der Waals surface area (Å²) in [6.45, 7) is 0. The molecule has 0 fully saturated rings. The van der Waals surface area contributed by atoms with Gasteiger partial charge in [-0.15, -0.1) is 10.2 Å². The summed E-state index contributed by atoms with van der Waals surface area (Å²) in [6.07, 6.45) is 0. The van der Waals surface area contributed by atoms with Gasteiger partial charge in [-0.05, 0) is 12.1 Å². The van der Waals surface area contributed by atoms with Crippen LogP contribution in [0.1, 0.15) is 0 Å². The van der Waals surface area contributed by atoms with Gasteiger partial charge in [0.25, 0.3) is 0 Å². The van der Waals surface area contributed by atoms with Gasteiger partial charge in [-0.1, -0.05) is 23.9 Å². The number of carbonyl (C=O) groups is 1. The quantitative estimate of drug-likeness (QED) is 0.785. The van der Waals surface area contributed by atoms with E-state index in [0.29, 0.717) is 10.7 Å². The molecule has 0 aliphatic heterocycles. The molecule has 0 radical (unpaired) electrons. The second-order valence-electron chi connectivity index (χ2n) is 2.77. The van der Waals surface area contributed by atoms with E-state index in [1.165, 1.54) is 0 Å². The Bertz CT molecular complexity index is 503. The van der Waals surface area contributed by atoms with E-state index in [0.717, 1.165) is 17.3 Å². The maximum absolute atomic E-state index is 10.3. The van der Waals surface area contributed by atoms with E-state index in [2.05, 4.69) is 15.2 Å². The van der Waals surface area contributed by atoms with Crippen LogP contribution in [0.2, 0.25) is 0 Å². The van der Waals surface area contributed by atoms with Crippen LogP contribution in [0, 0.1) is 0 Å². The molecule has 0 atom stereocenters. The average molecular weight is 221 g/mol. The van der Waals surface area contributed by atoms with Gasteiger partial charge >= 0.3 is 5.97 Å². The molecule has 0 aliphatic carbocycles. The Kier molecular flexibility index (Phi) is 2.77. The molecule has 15 heavy (non-hydrogen) atoms. The van der Waals surface area contributed by atoms with Crippen LogP contribution < -0.4 is 0 Å². The molecule has 0 saturated carbocycles. The molecule has 0 aliphatic rings. The maximum Gasteiger partial charge on any atom is 0.313 e. The molecule has 1 aromatic carbocycles. The fourth-order valence-electron chi connectivity index (χ4n) is 1.05. The van der Waals surface area contributed by atoms with E-state index in [4.69, 9.17) is 5.11 Å². The number of benzene rings is 1. The summed E-state index contributed by atoms with van der Waals surface area (Å²) < 4.78 is 0. The molecule has 0 bridgehead atoms. The largest absolute Gasteiger partial charge is 0.481 e. The molecular formula is C9H7N3O2S. The number of nitrogens with zero attached hydrogens (tertiary/aromatic N) is 3. The Morgan fingerprint density at radius 3 is 2.73 bits per heavy atom. The monoisotopic (exact) mass is 221 g/mol. The second kappa shape index (κ2) is 4.22. The van der Waals surface area contributed by atoms with Gasteiger partial charge in [-0.2, -0.15) is 0 Å². The minimum atomic E-state index is -0.892. The molecular weight excluding hydrogens is 214 g/mol. The summed E-state index contributed by atoms with van der Waals surface area (Å²) in [6, 6.07) is 7.32. The number of hydrogen-bond acceptors (Lipinski definition) is 5. The summed E-state index contributed by atoms with van der Waals surface area (Å²) in [5.74, 6) is -0.947. The molecule has 5 nitrogen and oxygen atoms in total. The molecule has 2 aromatic rings. The number of hydrogen-bond donors (Lipinski definition) is 1. The molecule has 0 saturated heterocycles. The summed E-state index contributed by atoms with van der Waals surface area (Å²) in [4.78, 5) is 14.5. The van der Waals surface area contributed by atoms with Crippen molar-refractivity contribution in [1.29, 1.82) is 0 Å². The molecule has 1 aromatic heterocycles. The van der Waals surface area contributed by atoms with Crippen LogP contribution >= 0.6 is 11.8 Å². The van der Waals surface area contributed by atoms with Crippen molar-refractivity contribution in [3.63, 3.8) is 0 Å². The van der Waals surface area contributed by atoms with Crippen molar-refractivity contribution >= 4 is 28.8 Å². The topological polar surface area (TPSA) is 76.0 Å². The Hall–Kier alpha value is -1.69. The van der Waals surface area contributed by atoms with Gasteiger partial charge < -0.3 is 5.11 Å². The Morgan fingerprint density at radius 1 is 1.27 bits per heavy atom. The fraction of sp³-hybridized carbons (Fsp3) is 0.111. The summed E-state index contributed by atoms with van der Waals surface area (Å²) in [7, 11) is 0. The molecule has 76 valence electrons. The van der Waals surface area contributed by atoms with Gasteiger partial charge in [-0.3, -0.25) is 4.79 Å². The zero-order chi connectivity index (χ0) is 10.7. The molecule has 2 rings (SSSR count). The third kappa shape index (κ3) is 2.41. The van der Waals surface area contributed by atoms with Crippen LogP contribution in [0.15, 0.2) is 29.4 Å². The summed E-state index contributed by atoms with van der Waals surface area (Å²) in [5.41, 5.74) is 1.43. The number of aromatic nitrogens is 3. The van der Waals surface area contributed by atoms with E-state index < -0.39 is 5.97 Å². The Balaban J connectivity index is 2.26. The Morgan fingerprint density at radius 2 is 2.00 bits per heavy atom. The van der Waals surface area contributed by atoms with Crippen molar-refractivity contribution < 1.29 is 9.90 Å². The van der Waals surface area contributed by atoms with Crippen LogP contribution in [0.4, 0.5) is 0 Å². The lowest BCUT2D eigenvalue weighted by Gasteiger charge is -1.97. The molecule has 0 unspecified atom stereocenters. The van der Waals surface area contributed by atoms with E-state index in [1.807, 2.05) is 18.2 Å². The first-order valence-corrected chi connectivity index (χ1v) is 5.18. The highest BCUT2D eigenvalue weighted by atomic mass is 32.2. The van der Waals surface area contributed by atoms with Crippen molar-refractivity contribution in [1.82, 2.24) is 15.2 Å². The third-order valence-corrected chi connectivity index (χ3v) is 2.49. The first-order chi connectivity index (χ1) is 7.25. The van der Waals surface area contributed by atoms with Crippen LogP contribution in [-0.2, 0) is 4.79 Å². The number of para-hydroxylation sites is 1. The highest BCUT2D eigenvalue weighted by Gasteiger charge is 2.04. The van der Waals surface area contributed by atoms with Crippen LogP contribution in [0.5, 0.6) is 0 Å². The van der Waals surface area contributed by atoms with Gasteiger partial charge in [0, 0.05) is 0 Å². The van der Waals surface area contributed by atoms with Crippen molar-refractivity contribution in [2.75, 3.05) is 5.75 Å². The van der Waals surface area contributed by atoms with E-state index in [9.17, 15) is 4.79 Å². The Labute approximate surface area is 89.5 Å². The van der Waals surface area contributed by atoms with E-state index >= 15 is 0 Å². The van der Waals surface area contributed by atoms with Gasteiger partial charge in [0.2, 0.25) is 5.16 Å². The highest BCUT2D eigenvalue weighted by molar-refractivity contribution is 7.99. The highest BCUT2D eigenvalue weighted by Crippen LogP contribution is 2.14. The number of fused-ring (bicyclic) bond motifs is 1. The molecule has 0 spiro atoms. The molecule has 1 heterocycles. The SMILES string of the molecule is O=C(O)CSc1nnc2ccccc2n1. The fourth-order valence-corrected chi connectivity index (χ4v) is 1.57. The van der Waals surface area contributed by atoms with Crippen molar-refractivity contribution in [3.8, 4) is 0 Å². The standard InChI is InChI=1S/C9H7N3O2S/c13-8(14)5-15-9-10-6-3-1-2-4-7(6)11-12-9/h1-4H,5H2,(H,13,14). The first kappa shape index (κ1) is 9.85. The minimum Gasteiger partial charge on any atom is -0.481 e. The number of thioether (sulfide) groups is 1.